The fourth-order valence-corrected chi connectivity index (χ4v) is 2.99. The smallest absolute Gasteiger partial charge is 0.253 e. The third-order valence-corrected chi connectivity index (χ3v) is 4.83. The molecule has 0 saturated carbocycles. The number of para-hydroxylation sites is 1. The third-order valence-electron chi connectivity index (χ3n) is 4.50. The first-order chi connectivity index (χ1) is 14.5. The molecule has 1 atom stereocenters. The molecular formula is C24H23ClN2O3. The molecule has 3 rings (SSSR count). The lowest BCUT2D eigenvalue weighted by Gasteiger charge is -2.15. The Bertz CT molecular complexity index is 991. The van der Waals surface area contributed by atoms with Crippen LogP contribution in [0.1, 0.15) is 28.4 Å². The number of hydrogen-bond donors (Lipinski definition) is 2. The van der Waals surface area contributed by atoms with E-state index in [0.717, 1.165) is 16.9 Å². The molecule has 0 heterocycles. The highest BCUT2D eigenvalue weighted by Gasteiger charge is 2.17. The summed E-state index contributed by atoms with van der Waals surface area (Å²) in [7, 11) is 0. The van der Waals surface area contributed by atoms with Crippen molar-refractivity contribution in [3.05, 3.63) is 101 Å². The summed E-state index contributed by atoms with van der Waals surface area (Å²) in [5.74, 6) is 0.166. The van der Waals surface area contributed by atoms with E-state index in [4.69, 9.17) is 16.3 Å². The summed E-state index contributed by atoms with van der Waals surface area (Å²) < 4.78 is 5.72. The van der Waals surface area contributed by atoms with Crippen LogP contribution in [0.25, 0.3) is 0 Å². The van der Waals surface area contributed by atoms with Crippen molar-refractivity contribution in [3.63, 3.8) is 0 Å². The van der Waals surface area contributed by atoms with Gasteiger partial charge in [-0.1, -0.05) is 66.2 Å². The number of hydrogen-bond acceptors (Lipinski definition) is 3. The van der Waals surface area contributed by atoms with Crippen LogP contribution in [-0.2, 0) is 17.9 Å². The standard InChI is InChI=1S/C24H23ClN2O3/c1-17(27-24(29)21-9-5-6-10-22(21)25)23(28)26-15-18-11-13-19(14-12-18)16-30-20-7-3-2-4-8-20/h2-14,17H,15-16H2,1H3,(H,26,28)(H,27,29)/t17-/m1/s1. The molecule has 3 aromatic rings. The predicted octanol–water partition coefficient (Wildman–Crippen LogP) is 4.35. The van der Waals surface area contributed by atoms with Crippen molar-refractivity contribution in [3.8, 4) is 5.75 Å². The number of carbonyl (C=O) groups is 2. The van der Waals surface area contributed by atoms with E-state index in [9.17, 15) is 9.59 Å². The van der Waals surface area contributed by atoms with Crippen LogP contribution < -0.4 is 15.4 Å². The Morgan fingerprint density at radius 2 is 1.53 bits per heavy atom. The maximum atomic E-state index is 12.3. The lowest BCUT2D eigenvalue weighted by molar-refractivity contribution is -0.122. The molecule has 0 aromatic heterocycles. The van der Waals surface area contributed by atoms with Crippen molar-refractivity contribution in [2.45, 2.75) is 26.1 Å². The van der Waals surface area contributed by atoms with Crippen molar-refractivity contribution in [1.82, 2.24) is 10.6 Å². The normalized spacial score (nSPS) is 11.4. The number of halogens is 1. The van der Waals surface area contributed by atoms with Gasteiger partial charge < -0.3 is 15.4 Å². The third kappa shape index (κ3) is 6.09. The van der Waals surface area contributed by atoms with E-state index in [1.165, 1.54) is 0 Å². The number of benzene rings is 3. The molecule has 0 aliphatic heterocycles. The SMILES string of the molecule is C[C@@H](NC(=O)c1ccccc1Cl)C(=O)NCc1ccc(COc2ccccc2)cc1. The Kier molecular flexibility index (Phi) is 7.46. The fourth-order valence-electron chi connectivity index (χ4n) is 2.76. The molecule has 0 unspecified atom stereocenters. The minimum atomic E-state index is -0.688. The van der Waals surface area contributed by atoms with Gasteiger partial charge in [-0.15, -0.1) is 0 Å². The van der Waals surface area contributed by atoms with E-state index in [1.54, 1.807) is 31.2 Å². The van der Waals surface area contributed by atoms with Gasteiger partial charge >= 0.3 is 0 Å². The molecule has 0 spiro atoms. The van der Waals surface area contributed by atoms with Gasteiger partial charge in [0.25, 0.3) is 5.91 Å². The summed E-state index contributed by atoms with van der Waals surface area (Å²) in [6.45, 7) is 2.47. The highest BCUT2D eigenvalue weighted by Crippen LogP contribution is 2.15. The Hall–Kier alpha value is -3.31. The van der Waals surface area contributed by atoms with E-state index in [1.807, 2.05) is 54.6 Å². The lowest BCUT2D eigenvalue weighted by atomic mass is 10.1. The molecule has 0 aliphatic rings. The average Bonchev–Trinajstić information content (AvgIpc) is 2.77. The molecule has 0 radical (unpaired) electrons. The minimum Gasteiger partial charge on any atom is -0.489 e. The van der Waals surface area contributed by atoms with E-state index in [2.05, 4.69) is 10.6 Å². The molecular weight excluding hydrogens is 400 g/mol. The first-order valence-electron chi connectivity index (χ1n) is 9.61. The van der Waals surface area contributed by atoms with E-state index < -0.39 is 6.04 Å². The van der Waals surface area contributed by atoms with Crippen molar-refractivity contribution in [1.29, 1.82) is 0 Å². The maximum Gasteiger partial charge on any atom is 0.253 e. The van der Waals surface area contributed by atoms with Crippen molar-refractivity contribution < 1.29 is 14.3 Å². The van der Waals surface area contributed by atoms with E-state index >= 15 is 0 Å². The zero-order chi connectivity index (χ0) is 21.3. The largest absolute Gasteiger partial charge is 0.489 e. The fraction of sp³-hybridized carbons (Fsp3) is 0.167. The number of nitrogens with one attached hydrogen (secondary N) is 2. The summed E-state index contributed by atoms with van der Waals surface area (Å²) >= 11 is 6.02. The zero-order valence-corrected chi connectivity index (χ0v) is 17.4. The minimum absolute atomic E-state index is 0.271. The summed E-state index contributed by atoms with van der Waals surface area (Å²) in [6.07, 6.45) is 0. The van der Waals surface area contributed by atoms with Crippen molar-refractivity contribution in [2.24, 2.45) is 0 Å². The second-order valence-electron chi connectivity index (χ2n) is 6.81. The van der Waals surface area contributed by atoms with Crippen LogP contribution in [0, 0.1) is 0 Å². The monoisotopic (exact) mass is 422 g/mol. The number of amides is 2. The molecule has 0 fully saturated rings. The Morgan fingerprint density at radius 3 is 2.23 bits per heavy atom. The molecule has 6 heteroatoms. The van der Waals surface area contributed by atoms with Crippen LogP contribution in [0.2, 0.25) is 5.02 Å². The highest BCUT2D eigenvalue weighted by atomic mass is 35.5. The molecule has 2 N–H and O–H groups in total. The van der Waals surface area contributed by atoms with Gasteiger partial charge in [-0.25, -0.2) is 0 Å². The molecule has 154 valence electrons. The van der Waals surface area contributed by atoms with Crippen molar-refractivity contribution in [2.75, 3.05) is 0 Å². The topological polar surface area (TPSA) is 67.4 Å². The molecule has 0 bridgehead atoms. The van der Waals surface area contributed by atoms with Gasteiger partial charge in [0.1, 0.15) is 18.4 Å². The second-order valence-corrected chi connectivity index (χ2v) is 7.22. The summed E-state index contributed by atoms with van der Waals surface area (Å²) in [5.41, 5.74) is 2.33. The molecule has 0 saturated heterocycles. The maximum absolute atomic E-state index is 12.3. The van der Waals surface area contributed by atoms with E-state index in [0.29, 0.717) is 23.7 Å². The first-order valence-corrected chi connectivity index (χ1v) is 9.99. The molecule has 5 nitrogen and oxygen atoms in total. The summed E-state index contributed by atoms with van der Waals surface area (Å²) in [4.78, 5) is 24.6. The van der Waals surface area contributed by atoms with Gasteiger partial charge in [-0.2, -0.15) is 0 Å². The van der Waals surface area contributed by atoms with E-state index in [-0.39, 0.29) is 11.8 Å². The molecule has 3 aromatic carbocycles. The molecule has 0 aliphatic carbocycles. The van der Waals surface area contributed by atoms with Crippen LogP contribution >= 0.6 is 11.6 Å². The van der Waals surface area contributed by atoms with Gasteiger partial charge in [-0.3, -0.25) is 9.59 Å². The van der Waals surface area contributed by atoms with Crippen LogP contribution in [0.4, 0.5) is 0 Å². The van der Waals surface area contributed by atoms with Gasteiger partial charge in [0.15, 0.2) is 0 Å². The van der Waals surface area contributed by atoms with Crippen LogP contribution in [0.15, 0.2) is 78.9 Å². The van der Waals surface area contributed by atoms with Gasteiger partial charge in [0.2, 0.25) is 5.91 Å². The Balaban J connectivity index is 1.45. The lowest BCUT2D eigenvalue weighted by Crippen LogP contribution is -2.44. The summed E-state index contributed by atoms with van der Waals surface area (Å²) in [6, 6.07) is 23.5. The van der Waals surface area contributed by atoms with Gasteiger partial charge in [0.05, 0.1) is 10.6 Å². The first kappa shape index (κ1) is 21.4. The zero-order valence-electron chi connectivity index (χ0n) is 16.6. The Morgan fingerprint density at radius 1 is 0.900 bits per heavy atom. The van der Waals surface area contributed by atoms with Crippen LogP contribution in [0.3, 0.4) is 0 Å². The van der Waals surface area contributed by atoms with Gasteiger partial charge in [0, 0.05) is 6.54 Å². The second kappa shape index (κ2) is 10.5. The molecule has 2 amide bonds. The number of rotatable bonds is 8. The molecule has 30 heavy (non-hydrogen) atoms. The highest BCUT2D eigenvalue weighted by molar-refractivity contribution is 6.33. The van der Waals surface area contributed by atoms with Crippen molar-refractivity contribution >= 4 is 23.4 Å². The summed E-state index contributed by atoms with van der Waals surface area (Å²) in [5, 5.41) is 5.84. The van der Waals surface area contributed by atoms with Crippen LogP contribution in [-0.4, -0.2) is 17.9 Å². The van der Waals surface area contributed by atoms with Gasteiger partial charge in [-0.05, 0) is 42.3 Å². The predicted molar refractivity (Wildman–Crippen MR) is 117 cm³/mol. The van der Waals surface area contributed by atoms with Crippen LogP contribution in [0.5, 0.6) is 5.75 Å². The number of ether oxygens (including phenoxy) is 1. The quantitative estimate of drug-likeness (QED) is 0.567. The Labute approximate surface area is 181 Å². The average molecular weight is 423 g/mol. The number of carbonyl (C=O) groups excluding carboxylic acids is 2.